The number of methoxy groups -OCH3 is 1. The molecular formula is C28H28N6O2. The van der Waals surface area contributed by atoms with Gasteiger partial charge in [-0.3, -0.25) is 4.79 Å². The van der Waals surface area contributed by atoms with Crippen molar-refractivity contribution in [1.29, 1.82) is 0 Å². The lowest BCUT2D eigenvalue weighted by Gasteiger charge is -2.32. The van der Waals surface area contributed by atoms with Gasteiger partial charge in [0, 0.05) is 36.2 Å². The van der Waals surface area contributed by atoms with Crippen molar-refractivity contribution in [2.24, 2.45) is 5.92 Å². The summed E-state index contributed by atoms with van der Waals surface area (Å²) in [5, 5.41) is 3.06. The zero-order valence-electron chi connectivity index (χ0n) is 20.2. The van der Waals surface area contributed by atoms with E-state index in [-0.39, 0.29) is 11.8 Å². The van der Waals surface area contributed by atoms with Crippen molar-refractivity contribution in [3.05, 3.63) is 85.1 Å². The van der Waals surface area contributed by atoms with E-state index in [1.807, 2.05) is 66.7 Å². The first kappa shape index (κ1) is 23.4. The summed E-state index contributed by atoms with van der Waals surface area (Å²) in [6, 6.07) is 21.7. The molecule has 0 spiro atoms. The van der Waals surface area contributed by atoms with Gasteiger partial charge in [0.15, 0.2) is 0 Å². The highest BCUT2D eigenvalue weighted by Gasteiger charge is 2.25. The second-order valence-electron chi connectivity index (χ2n) is 8.73. The molecular weight excluding hydrogens is 452 g/mol. The summed E-state index contributed by atoms with van der Waals surface area (Å²) in [5.74, 6) is 1.73. The van der Waals surface area contributed by atoms with Crippen molar-refractivity contribution < 1.29 is 9.53 Å². The van der Waals surface area contributed by atoms with Gasteiger partial charge < -0.3 is 15.0 Å². The van der Waals surface area contributed by atoms with Crippen LogP contribution in [0.5, 0.6) is 5.75 Å². The lowest BCUT2D eigenvalue weighted by molar-refractivity contribution is -0.125. The Hall–Kier alpha value is -4.33. The lowest BCUT2D eigenvalue weighted by atomic mass is 9.96. The Kier molecular flexibility index (Phi) is 7.12. The topological polar surface area (TPSA) is 93.1 Å². The van der Waals surface area contributed by atoms with Crippen molar-refractivity contribution in [3.63, 3.8) is 0 Å². The molecule has 8 nitrogen and oxygen atoms in total. The molecule has 0 radical (unpaired) electrons. The summed E-state index contributed by atoms with van der Waals surface area (Å²) in [6.07, 6.45) is 4.69. The number of piperidine rings is 1. The summed E-state index contributed by atoms with van der Waals surface area (Å²) in [6.45, 7) is 1.92. The van der Waals surface area contributed by atoms with Crippen molar-refractivity contribution in [2.75, 3.05) is 25.1 Å². The Labute approximate surface area is 210 Å². The third kappa shape index (κ3) is 5.49. The molecule has 36 heavy (non-hydrogen) atoms. The molecule has 1 aliphatic rings. The van der Waals surface area contributed by atoms with Gasteiger partial charge in [0.05, 0.1) is 30.7 Å². The molecule has 1 N–H and O–H groups in total. The molecule has 0 aliphatic carbocycles. The number of amides is 1. The predicted molar refractivity (Wildman–Crippen MR) is 138 cm³/mol. The van der Waals surface area contributed by atoms with Crippen molar-refractivity contribution in [3.8, 4) is 28.3 Å². The van der Waals surface area contributed by atoms with Gasteiger partial charge in [-0.25, -0.2) is 19.9 Å². The number of rotatable bonds is 7. The number of carbonyl (C=O) groups is 1. The van der Waals surface area contributed by atoms with Gasteiger partial charge in [0.1, 0.15) is 24.2 Å². The number of hydrogen-bond donors (Lipinski definition) is 1. The van der Waals surface area contributed by atoms with E-state index in [1.54, 1.807) is 13.4 Å². The number of hydrogen-bond acceptors (Lipinski definition) is 7. The molecule has 1 fully saturated rings. The Morgan fingerprint density at radius 1 is 0.889 bits per heavy atom. The van der Waals surface area contributed by atoms with E-state index in [0.29, 0.717) is 6.54 Å². The fourth-order valence-corrected chi connectivity index (χ4v) is 4.39. The highest BCUT2D eigenvalue weighted by atomic mass is 16.5. The Balaban J connectivity index is 1.15. The van der Waals surface area contributed by atoms with Crippen LogP contribution in [0, 0.1) is 5.92 Å². The molecule has 0 unspecified atom stereocenters. The average Bonchev–Trinajstić information content (AvgIpc) is 2.97. The molecule has 8 heteroatoms. The maximum absolute atomic E-state index is 12.9. The zero-order valence-corrected chi connectivity index (χ0v) is 20.2. The predicted octanol–water partition coefficient (Wildman–Crippen LogP) is 4.14. The molecule has 2 aromatic carbocycles. The maximum Gasteiger partial charge on any atom is 0.223 e. The molecule has 0 bridgehead atoms. The second-order valence-corrected chi connectivity index (χ2v) is 8.73. The van der Waals surface area contributed by atoms with E-state index < -0.39 is 0 Å². The van der Waals surface area contributed by atoms with Crippen LogP contribution < -0.4 is 15.0 Å². The van der Waals surface area contributed by atoms with Crippen LogP contribution in [0.15, 0.2) is 79.4 Å². The molecule has 1 saturated heterocycles. The van der Waals surface area contributed by atoms with Gasteiger partial charge in [0.25, 0.3) is 0 Å². The van der Waals surface area contributed by atoms with Gasteiger partial charge in [-0.2, -0.15) is 0 Å². The number of nitrogens with one attached hydrogen (secondary N) is 1. The summed E-state index contributed by atoms with van der Waals surface area (Å²) in [5.41, 5.74) is 4.52. The van der Waals surface area contributed by atoms with Gasteiger partial charge >= 0.3 is 0 Å². The maximum atomic E-state index is 12.9. The minimum Gasteiger partial charge on any atom is -0.497 e. The summed E-state index contributed by atoms with van der Waals surface area (Å²) in [7, 11) is 1.64. The standard InChI is InChI=1S/C28H28N6O2/c1-36-24-9-7-21(8-10-24)25-15-23(30-18-31-25)17-29-28(35)22-11-13-34(14-12-22)27-16-26(32-19-33-27)20-5-3-2-4-6-20/h2-10,15-16,18-19,22H,11-14,17H2,1H3,(H,29,35). The Morgan fingerprint density at radius 3 is 2.28 bits per heavy atom. The van der Waals surface area contributed by atoms with E-state index in [0.717, 1.165) is 65.7 Å². The van der Waals surface area contributed by atoms with E-state index in [2.05, 4.69) is 30.2 Å². The molecule has 3 heterocycles. The molecule has 4 aromatic rings. The molecule has 0 saturated carbocycles. The third-order valence-corrected chi connectivity index (χ3v) is 6.47. The first-order valence-electron chi connectivity index (χ1n) is 12.0. The summed E-state index contributed by atoms with van der Waals surface area (Å²) in [4.78, 5) is 32.7. The van der Waals surface area contributed by atoms with Crippen molar-refractivity contribution >= 4 is 11.7 Å². The minimum absolute atomic E-state index is 0.0282. The van der Waals surface area contributed by atoms with E-state index in [4.69, 9.17) is 4.74 Å². The number of ether oxygens (including phenoxy) is 1. The quantitative estimate of drug-likeness (QED) is 0.425. The third-order valence-electron chi connectivity index (χ3n) is 6.47. The van der Waals surface area contributed by atoms with Crippen LogP contribution in [0.2, 0.25) is 0 Å². The van der Waals surface area contributed by atoms with Crippen LogP contribution in [0.1, 0.15) is 18.5 Å². The lowest BCUT2D eigenvalue weighted by Crippen LogP contribution is -2.40. The van der Waals surface area contributed by atoms with E-state index >= 15 is 0 Å². The van der Waals surface area contributed by atoms with Crippen molar-refractivity contribution in [1.82, 2.24) is 25.3 Å². The monoisotopic (exact) mass is 480 g/mol. The molecule has 182 valence electrons. The number of anilines is 1. The van der Waals surface area contributed by atoms with E-state index in [1.165, 1.54) is 6.33 Å². The molecule has 2 aromatic heterocycles. The Morgan fingerprint density at radius 2 is 1.56 bits per heavy atom. The normalized spacial score (nSPS) is 13.9. The number of benzene rings is 2. The first-order valence-corrected chi connectivity index (χ1v) is 12.0. The fraction of sp³-hybridized carbons (Fsp3) is 0.250. The fourth-order valence-electron chi connectivity index (χ4n) is 4.39. The van der Waals surface area contributed by atoms with Crippen LogP contribution in [-0.4, -0.2) is 46.0 Å². The summed E-state index contributed by atoms with van der Waals surface area (Å²) < 4.78 is 5.22. The van der Waals surface area contributed by atoms with Crippen LogP contribution >= 0.6 is 0 Å². The van der Waals surface area contributed by atoms with Crippen LogP contribution in [0.3, 0.4) is 0 Å². The molecule has 5 rings (SSSR count). The highest BCUT2D eigenvalue weighted by Crippen LogP contribution is 2.25. The zero-order chi connectivity index (χ0) is 24.7. The van der Waals surface area contributed by atoms with Gasteiger partial charge in [0.2, 0.25) is 5.91 Å². The Bertz CT molecular complexity index is 1310. The molecule has 1 amide bonds. The van der Waals surface area contributed by atoms with Gasteiger partial charge in [-0.05, 0) is 43.2 Å². The van der Waals surface area contributed by atoms with E-state index in [9.17, 15) is 4.79 Å². The smallest absolute Gasteiger partial charge is 0.223 e. The SMILES string of the molecule is COc1ccc(-c2cc(CNC(=O)C3CCN(c4cc(-c5ccccc5)ncn4)CC3)ncn2)cc1. The number of carbonyl (C=O) groups excluding carboxylic acids is 1. The van der Waals surface area contributed by atoms with Crippen LogP contribution in [0.25, 0.3) is 22.5 Å². The number of nitrogens with zero attached hydrogens (tertiary/aromatic N) is 5. The highest BCUT2D eigenvalue weighted by molar-refractivity contribution is 5.79. The van der Waals surface area contributed by atoms with Crippen LogP contribution in [-0.2, 0) is 11.3 Å². The molecule has 1 aliphatic heterocycles. The summed E-state index contributed by atoms with van der Waals surface area (Å²) >= 11 is 0. The minimum atomic E-state index is -0.0282. The number of aromatic nitrogens is 4. The first-order chi connectivity index (χ1) is 17.7. The molecule has 0 atom stereocenters. The average molecular weight is 481 g/mol. The van der Waals surface area contributed by atoms with Crippen LogP contribution in [0.4, 0.5) is 5.82 Å². The van der Waals surface area contributed by atoms with Crippen molar-refractivity contribution in [2.45, 2.75) is 19.4 Å². The van der Waals surface area contributed by atoms with Gasteiger partial charge in [-0.15, -0.1) is 0 Å². The van der Waals surface area contributed by atoms with Gasteiger partial charge in [-0.1, -0.05) is 30.3 Å². The second kappa shape index (κ2) is 10.9. The largest absolute Gasteiger partial charge is 0.497 e.